The number of esters is 1. The average Bonchev–Trinajstić information content (AvgIpc) is 3.01. The fourth-order valence-electron chi connectivity index (χ4n) is 4.32. The number of hydrogen-bond donors (Lipinski definition) is 0. The highest BCUT2D eigenvalue weighted by Crippen LogP contribution is 2.27. The summed E-state index contributed by atoms with van der Waals surface area (Å²) in [5.41, 5.74) is 1.75. The number of carbonyl (C=O) groups excluding carboxylic acids is 1. The Kier molecular flexibility index (Phi) is 7.70. The van der Waals surface area contributed by atoms with Gasteiger partial charge >= 0.3 is 5.97 Å². The Bertz CT molecular complexity index is 1980. The Morgan fingerprint density at radius 2 is 1.52 bits per heavy atom. The van der Waals surface area contributed by atoms with E-state index in [1.165, 1.54) is 24.5 Å². The second-order valence-corrected chi connectivity index (χ2v) is 9.87. The summed E-state index contributed by atoms with van der Waals surface area (Å²) >= 11 is 5.91. The van der Waals surface area contributed by atoms with Crippen LogP contribution in [0.15, 0.2) is 131 Å². The van der Waals surface area contributed by atoms with Gasteiger partial charge in [-0.2, -0.15) is 0 Å². The van der Waals surface area contributed by atoms with E-state index >= 15 is 0 Å². The van der Waals surface area contributed by atoms with E-state index in [-0.39, 0.29) is 22.5 Å². The molecule has 6 rings (SSSR count). The van der Waals surface area contributed by atoms with Gasteiger partial charge in [0.2, 0.25) is 11.2 Å². The normalized spacial score (nSPS) is 11.2. The van der Waals surface area contributed by atoms with Gasteiger partial charge in [0, 0.05) is 17.2 Å². The summed E-state index contributed by atoms with van der Waals surface area (Å²) in [6.45, 7) is 0.420. The maximum absolute atomic E-state index is 13.0. The van der Waals surface area contributed by atoms with E-state index in [9.17, 15) is 9.59 Å². The van der Waals surface area contributed by atoms with Crippen molar-refractivity contribution < 1.29 is 23.4 Å². The first-order valence-corrected chi connectivity index (χ1v) is 13.5. The van der Waals surface area contributed by atoms with Crippen molar-refractivity contribution in [1.82, 2.24) is 0 Å². The predicted octanol–water partition coefficient (Wildman–Crippen LogP) is 8.59. The molecule has 6 aromatic rings. The van der Waals surface area contributed by atoms with Gasteiger partial charge in [-0.15, -0.1) is 0 Å². The van der Waals surface area contributed by atoms with Crippen LogP contribution >= 0.6 is 11.6 Å². The molecule has 1 aromatic heterocycles. The van der Waals surface area contributed by atoms with Crippen LogP contribution in [0.5, 0.6) is 23.0 Å². The van der Waals surface area contributed by atoms with Gasteiger partial charge in [0.25, 0.3) is 0 Å². The molecular weight excluding hydrogens is 552 g/mol. The van der Waals surface area contributed by atoms with Crippen LogP contribution < -0.4 is 19.6 Å². The lowest BCUT2D eigenvalue weighted by molar-refractivity contribution is -0.128. The summed E-state index contributed by atoms with van der Waals surface area (Å²) in [5, 5.41) is 3.05. The third-order valence-corrected chi connectivity index (χ3v) is 6.74. The molecule has 1 heterocycles. The van der Waals surface area contributed by atoms with Crippen LogP contribution in [0.2, 0.25) is 5.02 Å². The lowest BCUT2D eigenvalue weighted by Crippen LogP contribution is -2.06. The zero-order valence-corrected chi connectivity index (χ0v) is 22.9. The highest BCUT2D eigenvalue weighted by Gasteiger charge is 2.12. The van der Waals surface area contributed by atoms with Crippen molar-refractivity contribution >= 4 is 45.4 Å². The third kappa shape index (κ3) is 6.35. The van der Waals surface area contributed by atoms with Crippen molar-refractivity contribution in [2.75, 3.05) is 0 Å². The third-order valence-electron chi connectivity index (χ3n) is 6.49. The molecule has 5 aromatic carbocycles. The lowest BCUT2D eigenvalue weighted by atomic mass is 10.1. The maximum atomic E-state index is 13.0. The van der Waals surface area contributed by atoms with Crippen molar-refractivity contribution in [3.8, 4) is 23.0 Å². The van der Waals surface area contributed by atoms with E-state index in [1.807, 2.05) is 84.9 Å². The van der Waals surface area contributed by atoms with E-state index in [4.69, 9.17) is 30.2 Å². The first-order chi connectivity index (χ1) is 20.5. The van der Waals surface area contributed by atoms with Crippen molar-refractivity contribution in [2.45, 2.75) is 6.61 Å². The zero-order valence-electron chi connectivity index (χ0n) is 22.2. The van der Waals surface area contributed by atoms with Gasteiger partial charge in [0.1, 0.15) is 35.7 Å². The number of carbonyl (C=O) groups is 1. The zero-order chi connectivity index (χ0) is 28.9. The van der Waals surface area contributed by atoms with Gasteiger partial charge in [0.05, 0.1) is 5.39 Å². The van der Waals surface area contributed by atoms with Crippen molar-refractivity contribution in [3.63, 3.8) is 0 Å². The van der Waals surface area contributed by atoms with Gasteiger partial charge in [-0.3, -0.25) is 4.79 Å². The summed E-state index contributed by atoms with van der Waals surface area (Å²) in [6, 6.07) is 32.8. The van der Waals surface area contributed by atoms with Crippen LogP contribution in [0.3, 0.4) is 0 Å². The number of fused-ring (bicyclic) bond motifs is 2. The molecule has 0 saturated heterocycles. The topological polar surface area (TPSA) is 75.0 Å². The minimum Gasteiger partial charge on any atom is -0.489 e. The summed E-state index contributed by atoms with van der Waals surface area (Å²) < 4.78 is 22.7. The highest BCUT2D eigenvalue weighted by molar-refractivity contribution is 6.30. The molecule has 6 nitrogen and oxygen atoms in total. The standard InChI is InChI=1S/C35H23ClO6/c36-27-11-5-24(6-12-27)21-39-28-13-7-23(8-14-28)9-18-34(37)42-30-16-17-31-32(20-30)40-22-33(35(31)38)41-29-15-10-25-3-1-2-4-26(25)19-29/h1-20,22H,21H2/b18-9+. The minimum atomic E-state index is -0.573. The molecule has 0 fully saturated rings. The Labute approximate surface area is 246 Å². The van der Waals surface area contributed by atoms with Gasteiger partial charge in [-0.25, -0.2) is 4.79 Å². The van der Waals surface area contributed by atoms with E-state index < -0.39 is 5.97 Å². The molecule has 0 spiro atoms. The molecule has 42 heavy (non-hydrogen) atoms. The summed E-state index contributed by atoms with van der Waals surface area (Å²) in [4.78, 5) is 25.5. The number of ether oxygens (including phenoxy) is 3. The fraction of sp³-hybridized carbons (Fsp3) is 0.0286. The largest absolute Gasteiger partial charge is 0.489 e. The summed E-state index contributed by atoms with van der Waals surface area (Å²) in [5.74, 6) is 0.961. The van der Waals surface area contributed by atoms with Crippen LogP contribution in [0.25, 0.3) is 27.8 Å². The molecule has 0 radical (unpaired) electrons. The van der Waals surface area contributed by atoms with Crippen LogP contribution in [0.4, 0.5) is 0 Å². The fourth-order valence-corrected chi connectivity index (χ4v) is 4.45. The Morgan fingerprint density at radius 1 is 0.786 bits per heavy atom. The molecule has 0 aliphatic carbocycles. The molecule has 0 N–H and O–H groups in total. The van der Waals surface area contributed by atoms with Crippen molar-refractivity contribution in [3.05, 3.63) is 148 Å². The molecule has 206 valence electrons. The molecule has 0 atom stereocenters. The van der Waals surface area contributed by atoms with Crippen LogP contribution in [-0.4, -0.2) is 5.97 Å². The average molecular weight is 575 g/mol. The molecular formula is C35H23ClO6. The quantitative estimate of drug-likeness (QED) is 0.103. The SMILES string of the molecule is O=C(/C=C/c1ccc(OCc2ccc(Cl)cc2)cc1)Oc1ccc2c(=O)c(Oc3ccc4ccccc4c3)coc2c1. The first-order valence-electron chi connectivity index (χ1n) is 13.1. The van der Waals surface area contributed by atoms with Crippen molar-refractivity contribution in [2.24, 2.45) is 0 Å². The van der Waals surface area contributed by atoms with E-state index in [2.05, 4.69) is 0 Å². The molecule has 0 amide bonds. The Hall–Kier alpha value is -5.33. The van der Waals surface area contributed by atoms with Crippen LogP contribution in [0, 0.1) is 0 Å². The second-order valence-electron chi connectivity index (χ2n) is 9.44. The van der Waals surface area contributed by atoms with Crippen LogP contribution in [0.1, 0.15) is 11.1 Å². The molecule has 0 saturated carbocycles. The molecule has 7 heteroatoms. The van der Waals surface area contributed by atoms with Crippen molar-refractivity contribution in [1.29, 1.82) is 0 Å². The summed E-state index contributed by atoms with van der Waals surface area (Å²) in [7, 11) is 0. The van der Waals surface area contributed by atoms with E-state index in [1.54, 1.807) is 18.2 Å². The monoisotopic (exact) mass is 574 g/mol. The Morgan fingerprint density at radius 3 is 2.33 bits per heavy atom. The van der Waals surface area contributed by atoms with Gasteiger partial charge < -0.3 is 18.6 Å². The first kappa shape index (κ1) is 26.9. The van der Waals surface area contributed by atoms with Crippen LogP contribution in [-0.2, 0) is 11.4 Å². The summed E-state index contributed by atoms with van der Waals surface area (Å²) in [6.07, 6.45) is 4.22. The molecule has 0 aliphatic rings. The molecule has 0 unspecified atom stereocenters. The number of rotatable bonds is 8. The van der Waals surface area contributed by atoms with Gasteiger partial charge in [-0.1, -0.05) is 66.2 Å². The van der Waals surface area contributed by atoms with E-state index in [0.29, 0.717) is 28.5 Å². The minimum absolute atomic E-state index is 0.0619. The smallest absolute Gasteiger partial charge is 0.336 e. The molecule has 0 aliphatic heterocycles. The second kappa shape index (κ2) is 12.0. The highest BCUT2D eigenvalue weighted by atomic mass is 35.5. The number of hydrogen-bond acceptors (Lipinski definition) is 6. The van der Waals surface area contributed by atoms with E-state index in [0.717, 1.165) is 21.9 Å². The Balaban J connectivity index is 1.08. The maximum Gasteiger partial charge on any atom is 0.336 e. The van der Waals surface area contributed by atoms with Gasteiger partial charge in [0.15, 0.2) is 0 Å². The predicted molar refractivity (Wildman–Crippen MR) is 163 cm³/mol. The number of halogens is 1. The molecule has 0 bridgehead atoms. The lowest BCUT2D eigenvalue weighted by Gasteiger charge is -2.08. The number of benzene rings is 5. The van der Waals surface area contributed by atoms with Gasteiger partial charge in [-0.05, 0) is 76.5 Å².